The van der Waals surface area contributed by atoms with Gasteiger partial charge in [0.15, 0.2) is 11.1 Å². The molecule has 0 amide bonds. The van der Waals surface area contributed by atoms with Crippen LogP contribution in [0.25, 0.3) is 0 Å². The van der Waals surface area contributed by atoms with E-state index in [0.29, 0.717) is 5.96 Å². The Balaban J connectivity index is 1.28. The van der Waals surface area contributed by atoms with Crippen molar-refractivity contribution in [3.63, 3.8) is 0 Å². The smallest absolute Gasteiger partial charge is 0.188 e. The van der Waals surface area contributed by atoms with Crippen LogP contribution in [0.1, 0.15) is 25.0 Å². The predicted molar refractivity (Wildman–Crippen MR) is 104 cm³/mol. The Bertz CT molecular complexity index is 537. The lowest BCUT2D eigenvalue weighted by atomic mass is 10.3. The number of nitrogens with zero attached hydrogens (tertiary/aromatic N) is 4. The fourth-order valence-electron chi connectivity index (χ4n) is 3.16. The van der Waals surface area contributed by atoms with E-state index in [4.69, 9.17) is 15.5 Å². The van der Waals surface area contributed by atoms with Gasteiger partial charge in [-0.25, -0.2) is 4.98 Å². The highest BCUT2D eigenvalue weighted by Gasteiger charge is 2.15. The number of morpholine rings is 1. The Morgan fingerprint density at radius 2 is 2.08 bits per heavy atom. The van der Waals surface area contributed by atoms with E-state index < -0.39 is 0 Å². The van der Waals surface area contributed by atoms with Gasteiger partial charge in [0.05, 0.1) is 18.9 Å². The first-order chi connectivity index (χ1) is 12.3. The van der Waals surface area contributed by atoms with E-state index in [1.165, 1.54) is 12.8 Å². The summed E-state index contributed by atoms with van der Waals surface area (Å²) < 4.78 is 5.35. The molecule has 8 heteroatoms. The molecule has 25 heavy (non-hydrogen) atoms. The summed E-state index contributed by atoms with van der Waals surface area (Å²) in [5, 5.41) is 6.52. The molecular weight excluding hydrogens is 336 g/mol. The summed E-state index contributed by atoms with van der Waals surface area (Å²) in [7, 11) is 0. The van der Waals surface area contributed by atoms with Crippen molar-refractivity contribution in [1.29, 1.82) is 0 Å². The lowest BCUT2D eigenvalue weighted by Crippen LogP contribution is -2.37. The predicted octanol–water partition coefficient (Wildman–Crippen LogP) is 0.912. The third-order valence-corrected chi connectivity index (χ3v) is 5.57. The average Bonchev–Trinajstić information content (AvgIpc) is 3.31. The Kier molecular flexibility index (Phi) is 7.32. The molecule has 0 unspecified atom stereocenters. The lowest BCUT2D eigenvalue weighted by molar-refractivity contribution is 0.0377. The number of hydrogen-bond donors (Lipinski definition) is 2. The van der Waals surface area contributed by atoms with E-state index in [2.05, 4.69) is 25.5 Å². The quantitative estimate of drug-likeness (QED) is 0.405. The van der Waals surface area contributed by atoms with Crippen molar-refractivity contribution in [2.24, 2.45) is 10.7 Å². The zero-order valence-corrected chi connectivity index (χ0v) is 15.8. The Labute approximate surface area is 154 Å². The molecule has 1 aromatic heterocycles. The maximum Gasteiger partial charge on any atom is 0.188 e. The number of aliphatic imine (C=N–C) groups is 1. The maximum absolute atomic E-state index is 5.94. The number of anilines is 1. The Hall–Kier alpha value is -1.38. The molecule has 2 aliphatic rings. The fourth-order valence-corrected chi connectivity index (χ4v) is 4.07. The van der Waals surface area contributed by atoms with E-state index in [0.717, 1.165) is 82.7 Å². The number of guanidine groups is 1. The van der Waals surface area contributed by atoms with Crippen LogP contribution < -0.4 is 16.0 Å². The van der Waals surface area contributed by atoms with Gasteiger partial charge in [-0.15, -0.1) is 11.3 Å². The fraction of sp³-hybridized carbons (Fsp3) is 0.765. The Morgan fingerprint density at radius 1 is 1.28 bits per heavy atom. The molecule has 0 saturated carbocycles. The topological polar surface area (TPSA) is 79.0 Å². The van der Waals surface area contributed by atoms with Crippen LogP contribution in [0.4, 0.5) is 5.13 Å². The number of aromatic nitrogens is 1. The van der Waals surface area contributed by atoms with Crippen molar-refractivity contribution in [3.05, 3.63) is 11.1 Å². The molecule has 0 radical (unpaired) electrons. The summed E-state index contributed by atoms with van der Waals surface area (Å²) in [5.74, 6) is 0.539. The van der Waals surface area contributed by atoms with Crippen LogP contribution in [0.5, 0.6) is 0 Å². The first-order valence-corrected chi connectivity index (χ1v) is 10.2. The number of nitrogens with one attached hydrogen (secondary N) is 1. The van der Waals surface area contributed by atoms with Gasteiger partial charge in [-0.05, 0) is 19.3 Å². The third-order valence-electron chi connectivity index (χ3n) is 4.62. The molecule has 2 aliphatic heterocycles. The van der Waals surface area contributed by atoms with Gasteiger partial charge < -0.3 is 20.7 Å². The first kappa shape index (κ1) is 18.4. The summed E-state index contributed by atoms with van der Waals surface area (Å²) in [5.41, 5.74) is 7.08. The van der Waals surface area contributed by atoms with Gasteiger partial charge in [-0.1, -0.05) is 0 Å². The lowest BCUT2D eigenvalue weighted by Gasteiger charge is -2.26. The number of hydrogen-bond acceptors (Lipinski definition) is 6. The van der Waals surface area contributed by atoms with E-state index in [1.807, 2.05) is 0 Å². The molecule has 0 atom stereocenters. The van der Waals surface area contributed by atoms with E-state index in [1.54, 1.807) is 11.3 Å². The standard InChI is InChI=1S/C17H30N6OS/c18-16(19-5-3-7-22-10-12-24-13-11-22)20-6-4-15-14-25-17(21-15)23-8-1-2-9-23/h14H,1-13H2,(H3,18,19,20). The van der Waals surface area contributed by atoms with E-state index in [-0.39, 0.29) is 0 Å². The number of ether oxygens (including phenoxy) is 1. The van der Waals surface area contributed by atoms with Crippen LogP contribution in [0.15, 0.2) is 10.4 Å². The third kappa shape index (κ3) is 6.13. The second-order valence-electron chi connectivity index (χ2n) is 6.57. The van der Waals surface area contributed by atoms with Gasteiger partial charge in [-0.3, -0.25) is 9.89 Å². The van der Waals surface area contributed by atoms with Crippen LogP contribution in [0.3, 0.4) is 0 Å². The summed E-state index contributed by atoms with van der Waals surface area (Å²) in [6.45, 7) is 8.68. The highest BCUT2D eigenvalue weighted by Crippen LogP contribution is 2.24. The zero-order valence-electron chi connectivity index (χ0n) is 15.0. The molecule has 2 fully saturated rings. The SMILES string of the molecule is NC(=NCCCN1CCOCC1)NCCc1csc(N2CCCC2)n1. The maximum atomic E-state index is 5.94. The number of thiazole rings is 1. The largest absolute Gasteiger partial charge is 0.379 e. The first-order valence-electron chi connectivity index (χ1n) is 9.34. The molecule has 0 aromatic carbocycles. The average molecular weight is 367 g/mol. The summed E-state index contributed by atoms with van der Waals surface area (Å²) in [6.07, 6.45) is 4.49. The molecule has 0 aliphatic carbocycles. The molecule has 3 rings (SSSR count). The summed E-state index contributed by atoms with van der Waals surface area (Å²) in [4.78, 5) is 13.9. The number of nitrogens with two attached hydrogens (primary N) is 1. The van der Waals surface area contributed by atoms with Gasteiger partial charge in [0.2, 0.25) is 0 Å². The van der Waals surface area contributed by atoms with Gasteiger partial charge in [-0.2, -0.15) is 0 Å². The van der Waals surface area contributed by atoms with Gasteiger partial charge in [0.25, 0.3) is 0 Å². The minimum atomic E-state index is 0.539. The molecule has 2 saturated heterocycles. The molecule has 0 bridgehead atoms. The number of rotatable bonds is 8. The van der Waals surface area contributed by atoms with Gasteiger partial charge in [0.1, 0.15) is 0 Å². The van der Waals surface area contributed by atoms with E-state index in [9.17, 15) is 0 Å². The van der Waals surface area contributed by atoms with Crippen molar-refractivity contribution in [1.82, 2.24) is 15.2 Å². The normalized spacial score (nSPS) is 19.5. The zero-order chi connectivity index (χ0) is 17.3. The summed E-state index contributed by atoms with van der Waals surface area (Å²) >= 11 is 1.75. The monoisotopic (exact) mass is 366 g/mol. The van der Waals surface area contributed by atoms with Gasteiger partial charge >= 0.3 is 0 Å². The van der Waals surface area contributed by atoms with Crippen LogP contribution in [0, 0.1) is 0 Å². The van der Waals surface area contributed by atoms with Crippen molar-refractivity contribution in [3.8, 4) is 0 Å². The van der Waals surface area contributed by atoms with Crippen LogP contribution in [0.2, 0.25) is 0 Å². The molecule has 3 N–H and O–H groups in total. The highest BCUT2D eigenvalue weighted by atomic mass is 32.1. The highest BCUT2D eigenvalue weighted by molar-refractivity contribution is 7.13. The van der Waals surface area contributed by atoms with Crippen LogP contribution in [-0.2, 0) is 11.2 Å². The van der Waals surface area contributed by atoms with Gasteiger partial charge in [0, 0.05) is 57.6 Å². The summed E-state index contributed by atoms with van der Waals surface area (Å²) in [6, 6.07) is 0. The molecule has 7 nitrogen and oxygen atoms in total. The molecule has 140 valence electrons. The van der Waals surface area contributed by atoms with Crippen LogP contribution in [-0.4, -0.2) is 74.9 Å². The minimum Gasteiger partial charge on any atom is -0.379 e. The van der Waals surface area contributed by atoms with Crippen LogP contribution >= 0.6 is 11.3 Å². The van der Waals surface area contributed by atoms with Crippen molar-refractivity contribution >= 4 is 22.4 Å². The molecule has 3 heterocycles. The van der Waals surface area contributed by atoms with Crippen molar-refractivity contribution < 1.29 is 4.74 Å². The molecule has 1 aromatic rings. The molecule has 0 spiro atoms. The second kappa shape index (κ2) is 9.94. The van der Waals surface area contributed by atoms with Crippen molar-refractivity contribution in [2.45, 2.75) is 25.7 Å². The minimum absolute atomic E-state index is 0.539. The Morgan fingerprint density at radius 3 is 2.88 bits per heavy atom. The molecular formula is C17H30N6OS. The van der Waals surface area contributed by atoms with Crippen molar-refractivity contribution in [2.75, 3.05) is 63.9 Å². The second-order valence-corrected chi connectivity index (χ2v) is 7.40. The van der Waals surface area contributed by atoms with E-state index >= 15 is 0 Å².